The molecule has 19 heavy (non-hydrogen) atoms. The van der Waals surface area contributed by atoms with Crippen LogP contribution in [0.3, 0.4) is 0 Å². The molecule has 0 saturated carbocycles. The van der Waals surface area contributed by atoms with Gasteiger partial charge in [0.2, 0.25) is 0 Å². The summed E-state index contributed by atoms with van der Waals surface area (Å²) in [6.45, 7) is 7.82. The van der Waals surface area contributed by atoms with Gasteiger partial charge in [-0.3, -0.25) is 4.79 Å². The average Bonchev–Trinajstić information content (AvgIpc) is 2.27. The Kier molecular flexibility index (Phi) is 5.44. The van der Waals surface area contributed by atoms with Crippen LogP contribution in [0.1, 0.15) is 29.8 Å². The molecule has 0 fully saturated rings. The molecule has 1 aromatic carbocycles. The van der Waals surface area contributed by atoms with E-state index >= 15 is 0 Å². The molecule has 1 amide bonds. The fraction of sp³-hybridized carbons (Fsp3) is 0.533. The van der Waals surface area contributed by atoms with Crippen LogP contribution in [-0.4, -0.2) is 38.0 Å². The molecule has 0 atom stereocenters. The van der Waals surface area contributed by atoms with Gasteiger partial charge >= 0.3 is 0 Å². The van der Waals surface area contributed by atoms with Crippen molar-refractivity contribution in [2.45, 2.75) is 25.7 Å². The molecule has 0 radical (unpaired) electrons. The molecular weight excluding hydrogens is 256 g/mol. The van der Waals surface area contributed by atoms with Crippen LogP contribution in [0.4, 0.5) is 0 Å². The molecule has 0 unspecified atom stereocenters. The number of nitrogens with zero attached hydrogens (tertiary/aromatic N) is 1. The molecular formula is C15H24N2OS. The van der Waals surface area contributed by atoms with Gasteiger partial charge in [0.15, 0.2) is 0 Å². The Morgan fingerprint density at radius 3 is 2.58 bits per heavy atom. The first-order valence-corrected chi connectivity index (χ1v) is 6.88. The van der Waals surface area contributed by atoms with Crippen molar-refractivity contribution in [3.8, 4) is 0 Å². The van der Waals surface area contributed by atoms with E-state index in [1.54, 1.807) is 0 Å². The lowest BCUT2D eigenvalue weighted by Gasteiger charge is -2.28. The van der Waals surface area contributed by atoms with Crippen LogP contribution in [0, 0.1) is 12.3 Å². The molecule has 0 heterocycles. The Morgan fingerprint density at radius 1 is 1.37 bits per heavy atom. The fourth-order valence-corrected chi connectivity index (χ4v) is 2.38. The maximum atomic E-state index is 12.2. The lowest BCUT2D eigenvalue weighted by Crippen LogP contribution is -2.40. The normalized spacial score (nSPS) is 11.7. The van der Waals surface area contributed by atoms with Crippen molar-refractivity contribution >= 4 is 18.5 Å². The van der Waals surface area contributed by atoms with Gasteiger partial charge in [0.1, 0.15) is 0 Å². The molecule has 1 aromatic rings. The molecule has 1 rings (SSSR count). The van der Waals surface area contributed by atoms with Gasteiger partial charge in [0.05, 0.1) is 0 Å². The number of hydrogen-bond acceptors (Lipinski definition) is 3. The summed E-state index contributed by atoms with van der Waals surface area (Å²) < 4.78 is 0. The minimum Gasteiger partial charge on any atom is -0.351 e. The molecule has 4 heteroatoms. The Bertz CT molecular complexity index is 455. The third-order valence-corrected chi connectivity index (χ3v) is 3.22. The maximum absolute atomic E-state index is 12.2. The van der Waals surface area contributed by atoms with Gasteiger partial charge in [-0.15, -0.1) is 12.6 Å². The highest BCUT2D eigenvalue weighted by molar-refractivity contribution is 7.80. The van der Waals surface area contributed by atoms with E-state index in [4.69, 9.17) is 0 Å². The van der Waals surface area contributed by atoms with Gasteiger partial charge in [-0.25, -0.2) is 0 Å². The van der Waals surface area contributed by atoms with E-state index in [9.17, 15) is 4.79 Å². The topological polar surface area (TPSA) is 32.3 Å². The van der Waals surface area contributed by atoms with Crippen molar-refractivity contribution in [2.75, 3.05) is 27.2 Å². The van der Waals surface area contributed by atoms with Gasteiger partial charge in [0, 0.05) is 23.5 Å². The maximum Gasteiger partial charge on any atom is 0.251 e. The summed E-state index contributed by atoms with van der Waals surface area (Å²) in [5, 5.41) is 3.01. The van der Waals surface area contributed by atoms with Crippen LogP contribution in [0.25, 0.3) is 0 Å². The second kappa shape index (κ2) is 6.44. The van der Waals surface area contributed by atoms with Crippen LogP contribution in [0.5, 0.6) is 0 Å². The average molecular weight is 280 g/mol. The van der Waals surface area contributed by atoms with E-state index in [1.807, 2.05) is 39.2 Å². The molecule has 0 aliphatic rings. The van der Waals surface area contributed by atoms with E-state index < -0.39 is 0 Å². The summed E-state index contributed by atoms with van der Waals surface area (Å²) in [4.78, 5) is 15.1. The highest BCUT2D eigenvalue weighted by Crippen LogP contribution is 2.16. The zero-order valence-corrected chi connectivity index (χ0v) is 13.3. The summed E-state index contributed by atoms with van der Waals surface area (Å²) in [6.07, 6.45) is 0. The summed E-state index contributed by atoms with van der Waals surface area (Å²) >= 11 is 4.28. The van der Waals surface area contributed by atoms with Gasteiger partial charge in [-0.2, -0.15) is 0 Å². The van der Waals surface area contributed by atoms with E-state index in [-0.39, 0.29) is 11.3 Å². The number of nitrogens with one attached hydrogen (secondary N) is 1. The molecule has 106 valence electrons. The Labute approximate surface area is 121 Å². The minimum atomic E-state index is -0.0276. The highest BCUT2D eigenvalue weighted by Gasteiger charge is 2.20. The Hall–Kier alpha value is -1.00. The summed E-state index contributed by atoms with van der Waals surface area (Å²) in [6, 6.07) is 5.63. The Morgan fingerprint density at radius 2 is 2.00 bits per heavy atom. The SMILES string of the molecule is Cc1ccc(S)cc1C(=O)NCC(C)(C)CN(C)C. The van der Waals surface area contributed by atoms with Gasteiger partial charge in [-0.1, -0.05) is 19.9 Å². The van der Waals surface area contributed by atoms with Gasteiger partial charge in [-0.05, 0) is 44.1 Å². The third-order valence-electron chi connectivity index (χ3n) is 2.94. The molecule has 0 bridgehead atoms. The zero-order chi connectivity index (χ0) is 14.6. The van der Waals surface area contributed by atoms with Gasteiger partial charge in [0.25, 0.3) is 5.91 Å². The molecule has 0 aromatic heterocycles. The number of carbonyl (C=O) groups excluding carboxylic acids is 1. The van der Waals surface area contributed by atoms with E-state index in [1.165, 1.54) is 0 Å². The van der Waals surface area contributed by atoms with Crippen molar-refractivity contribution in [1.82, 2.24) is 10.2 Å². The first kappa shape index (κ1) is 16.1. The first-order chi connectivity index (χ1) is 8.71. The highest BCUT2D eigenvalue weighted by atomic mass is 32.1. The molecule has 1 N–H and O–H groups in total. The van der Waals surface area contributed by atoms with E-state index in [0.717, 1.165) is 17.0 Å². The molecule has 0 spiro atoms. The summed E-state index contributed by atoms with van der Waals surface area (Å²) in [7, 11) is 4.08. The van der Waals surface area contributed by atoms with Crippen molar-refractivity contribution in [1.29, 1.82) is 0 Å². The second-order valence-corrected chi connectivity index (χ2v) is 6.60. The lowest BCUT2D eigenvalue weighted by molar-refractivity contribution is 0.0928. The zero-order valence-electron chi connectivity index (χ0n) is 12.4. The third kappa shape index (κ3) is 5.25. The van der Waals surface area contributed by atoms with Crippen LogP contribution in [0.2, 0.25) is 0 Å². The number of aryl methyl sites for hydroxylation is 1. The number of thiol groups is 1. The molecule has 3 nitrogen and oxygen atoms in total. The van der Waals surface area contributed by atoms with Crippen molar-refractivity contribution in [2.24, 2.45) is 5.41 Å². The van der Waals surface area contributed by atoms with Crippen LogP contribution >= 0.6 is 12.6 Å². The predicted molar refractivity (Wildman–Crippen MR) is 83.1 cm³/mol. The largest absolute Gasteiger partial charge is 0.351 e. The molecule has 0 saturated heterocycles. The van der Waals surface area contributed by atoms with Crippen molar-refractivity contribution < 1.29 is 4.79 Å². The van der Waals surface area contributed by atoms with Crippen LogP contribution in [0.15, 0.2) is 23.1 Å². The Balaban J connectivity index is 2.68. The number of hydrogen-bond donors (Lipinski definition) is 2. The van der Waals surface area contributed by atoms with Crippen LogP contribution < -0.4 is 5.32 Å². The first-order valence-electron chi connectivity index (χ1n) is 6.44. The predicted octanol–water partition coefficient (Wildman–Crippen LogP) is 2.60. The van der Waals surface area contributed by atoms with E-state index in [0.29, 0.717) is 12.1 Å². The van der Waals surface area contributed by atoms with Crippen molar-refractivity contribution in [3.63, 3.8) is 0 Å². The quantitative estimate of drug-likeness (QED) is 0.813. The lowest BCUT2D eigenvalue weighted by atomic mass is 9.92. The fourth-order valence-electron chi connectivity index (χ4n) is 2.18. The second-order valence-electron chi connectivity index (χ2n) is 6.08. The van der Waals surface area contributed by atoms with Crippen LogP contribution in [-0.2, 0) is 0 Å². The smallest absolute Gasteiger partial charge is 0.251 e. The van der Waals surface area contributed by atoms with E-state index in [2.05, 4.69) is 36.7 Å². The number of benzene rings is 1. The number of amides is 1. The number of carbonyl (C=O) groups is 1. The molecule has 0 aliphatic heterocycles. The molecule has 0 aliphatic carbocycles. The summed E-state index contributed by atoms with van der Waals surface area (Å²) in [5.74, 6) is -0.0276. The monoisotopic (exact) mass is 280 g/mol. The minimum absolute atomic E-state index is 0.0276. The van der Waals surface area contributed by atoms with Gasteiger partial charge < -0.3 is 10.2 Å². The van der Waals surface area contributed by atoms with Crippen molar-refractivity contribution in [3.05, 3.63) is 29.3 Å². The standard InChI is InChI=1S/C15H24N2OS/c1-11-6-7-12(19)8-13(11)14(18)16-9-15(2,3)10-17(4)5/h6-8,19H,9-10H2,1-5H3,(H,16,18). The summed E-state index contributed by atoms with van der Waals surface area (Å²) in [5.41, 5.74) is 1.72. The number of rotatable bonds is 5.